The largest absolute Gasteiger partial charge is 0.309 e. The van der Waals surface area contributed by atoms with E-state index in [0.717, 1.165) is 11.5 Å². The quantitative estimate of drug-likeness (QED) is 0.862. The zero-order valence-electron chi connectivity index (χ0n) is 12.2. The van der Waals surface area contributed by atoms with E-state index < -0.39 is 0 Å². The lowest BCUT2D eigenvalue weighted by molar-refractivity contribution is 0.107. The van der Waals surface area contributed by atoms with Gasteiger partial charge in [-0.1, -0.05) is 39.0 Å². The molecule has 3 rings (SSSR count). The van der Waals surface area contributed by atoms with E-state index in [-0.39, 0.29) is 5.82 Å². The fourth-order valence-electron chi connectivity index (χ4n) is 4.67. The van der Waals surface area contributed by atoms with Gasteiger partial charge in [-0.2, -0.15) is 0 Å². The minimum absolute atomic E-state index is 0.0962. The van der Waals surface area contributed by atoms with E-state index in [2.05, 4.69) is 26.1 Å². The summed E-state index contributed by atoms with van der Waals surface area (Å²) in [6.45, 7) is 7.80. The predicted octanol–water partition coefficient (Wildman–Crippen LogP) is 4.13. The van der Waals surface area contributed by atoms with Gasteiger partial charge in [0.25, 0.3) is 0 Å². The van der Waals surface area contributed by atoms with E-state index in [1.54, 1.807) is 12.1 Å². The first-order valence-corrected chi connectivity index (χ1v) is 7.40. The van der Waals surface area contributed by atoms with Gasteiger partial charge in [-0.05, 0) is 42.1 Å². The molecule has 0 radical (unpaired) electrons. The van der Waals surface area contributed by atoms with Crippen molar-refractivity contribution in [3.05, 3.63) is 35.6 Å². The van der Waals surface area contributed by atoms with Gasteiger partial charge in [0, 0.05) is 18.2 Å². The van der Waals surface area contributed by atoms with Gasteiger partial charge in [0.2, 0.25) is 0 Å². The average Bonchev–Trinajstić information content (AvgIpc) is 2.82. The third-order valence-electron chi connectivity index (χ3n) is 5.72. The zero-order valence-corrected chi connectivity index (χ0v) is 12.2. The van der Waals surface area contributed by atoms with Crippen LogP contribution in [0.1, 0.15) is 45.6 Å². The second kappa shape index (κ2) is 4.31. The Balaban J connectivity index is 1.75. The standard InChI is InChI=1S/C17H24FN/c1-16(2)13-8-9-17(3,10-13)15(16)19-11-12-6-4-5-7-14(12)18/h4-7,13,15,19H,8-11H2,1-3H3. The molecule has 1 N–H and O–H groups in total. The van der Waals surface area contributed by atoms with Crippen molar-refractivity contribution in [3.8, 4) is 0 Å². The van der Waals surface area contributed by atoms with Crippen LogP contribution < -0.4 is 5.32 Å². The maximum atomic E-state index is 13.7. The van der Waals surface area contributed by atoms with Crippen molar-refractivity contribution in [2.24, 2.45) is 16.7 Å². The van der Waals surface area contributed by atoms with Crippen LogP contribution >= 0.6 is 0 Å². The minimum atomic E-state index is -0.0962. The molecule has 0 spiro atoms. The highest BCUT2D eigenvalue weighted by Crippen LogP contribution is 2.62. The van der Waals surface area contributed by atoms with E-state index in [1.807, 2.05) is 12.1 Å². The number of hydrogen-bond acceptors (Lipinski definition) is 1. The highest BCUT2D eigenvalue weighted by molar-refractivity contribution is 5.18. The first-order chi connectivity index (χ1) is 8.93. The molecule has 19 heavy (non-hydrogen) atoms. The Labute approximate surface area is 115 Å². The van der Waals surface area contributed by atoms with Crippen LogP contribution in [-0.2, 0) is 6.54 Å². The Hall–Kier alpha value is -0.890. The summed E-state index contributed by atoms with van der Waals surface area (Å²) in [6.07, 6.45) is 4.01. The first kappa shape index (κ1) is 13.1. The van der Waals surface area contributed by atoms with Crippen LogP contribution in [0.5, 0.6) is 0 Å². The molecule has 2 bridgehead atoms. The van der Waals surface area contributed by atoms with E-state index in [9.17, 15) is 4.39 Å². The second-order valence-electron chi connectivity index (χ2n) is 7.32. The summed E-state index contributed by atoms with van der Waals surface area (Å²) in [5.41, 5.74) is 1.52. The molecular formula is C17H24FN. The summed E-state index contributed by atoms with van der Waals surface area (Å²) in [6, 6.07) is 7.59. The molecule has 1 aromatic rings. The Morgan fingerprint density at radius 1 is 1.26 bits per heavy atom. The van der Waals surface area contributed by atoms with E-state index >= 15 is 0 Å². The number of hydrogen-bond donors (Lipinski definition) is 1. The van der Waals surface area contributed by atoms with Crippen molar-refractivity contribution < 1.29 is 4.39 Å². The fraction of sp³-hybridized carbons (Fsp3) is 0.647. The molecule has 0 aliphatic heterocycles. The SMILES string of the molecule is CC12CCC(C1)C(C)(C)C2NCc1ccccc1F. The molecule has 2 heteroatoms. The van der Waals surface area contributed by atoms with Crippen LogP contribution in [0.15, 0.2) is 24.3 Å². The first-order valence-electron chi connectivity index (χ1n) is 7.40. The smallest absolute Gasteiger partial charge is 0.127 e. The van der Waals surface area contributed by atoms with Gasteiger partial charge in [-0.15, -0.1) is 0 Å². The van der Waals surface area contributed by atoms with Crippen LogP contribution in [0.25, 0.3) is 0 Å². The van der Waals surface area contributed by atoms with Crippen LogP contribution in [-0.4, -0.2) is 6.04 Å². The van der Waals surface area contributed by atoms with Crippen molar-refractivity contribution in [2.75, 3.05) is 0 Å². The summed E-state index contributed by atoms with van der Waals surface area (Å²) in [5.74, 6) is 0.733. The molecule has 0 aromatic heterocycles. The van der Waals surface area contributed by atoms with Gasteiger partial charge in [0.1, 0.15) is 5.82 Å². The fourth-order valence-corrected chi connectivity index (χ4v) is 4.67. The number of halogens is 1. The van der Waals surface area contributed by atoms with Crippen molar-refractivity contribution in [2.45, 2.75) is 52.6 Å². The minimum Gasteiger partial charge on any atom is -0.309 e. The predicted molar refractivity (Wildman–Crippen MR) is 76.3 cm³/mol. The Kier molecular flexibility index (Phi) is 2.97. The lowest BCUT2D eigenvalue weighted by atomic mass is 9.68. The summed E-state index contributed by atoms with van der Waals surface area (Å²) < 4.78 is 13.7. The summed E-state index contributed by atoms with van der Waals surface area (Å²) in [5, 5.41) is 3.66. The third kappa shape index (κ3) is 2.01. The van der Waals surface area contributed by atoms with Gasteiger partial charge in [0.05, 0.1) is 0 Å². The Morgan fingerprint density at radius 2 is 2.00 bits per heavy atom. The van der Waals surface area contributed by atoms with Crippen molar-refractivity contribution >= 4 is 0 Å². The highest BCUT2D eigenvalue weighted by Gasteiger charge is 2.58. The van der Waals surface area contributed by atoms with E-state index in [4.69, 9.17) is 0 Å². The molecule has 2 aliphatic rings. The molecule has 2 fully saturated rings. The van der Waals surface area contributed by atoms with Gasteiger partial charge in [0.15, 0.2) is 0 Å². The molecule has 3 atom stereocenters. The van der Waals surface area contributed by atoms with Gasteiger partial charge in [-0.3, -0.25) is 0 Å². The van der Waals surface area contributed by atoms with Crippen molar-refractivity contribution in [1.29, 1.82) is 0 Å². The zero-order chi connectivity index (χ0) is 13.7. The van der Waals surface area contributed by atoms with Gasteiger partial charge >= 0.3 is 0 Å². The molecule has 3 unspecified atom stereocenters. The molecule has 1 nitrogen and oxygen atoms in total. The highest BCUT2D eigenvalue weighted by atomic mass is 19.1. The topological polar surface area (TPSA) is 12.0 Å². The molecule has 1 aromatic carbocycles. The summed E-state index contributed by atoms with van der Waals surface area (Å²) in [7, 11) is 0. The molecule has 0 amide bonds. The maximum Gasteiger partial charge on any atom is 0.127 e. The van der Waals surface area contributed by atoms with Crippen LogP contribution in [0, 0.1) is 22.6 Å². The number of fused-ring (bicyclic) bond motifs is 2. The molecule has 0 heterocycles. The average molecular weight is 261 g/mol. The molecule has 0 saturated heterocycles. The normalized spacial score (nSPS) is 35.8. The van der Waals surface area contributed by atoms with E-state index in [0.29, 0.717) is 23.4 Å². The van der Waals surface area contributed by atoms with Crippen LogP contribution in [0.2, 0.25) is 0 Å². The number of rotatable bonds is 3. The lowest BCUT2D eigenvalue weighted by Crippen LogP contribution is -2.50. The van der Waals surface area contributed by atoms with Crippen molar-refractivity contribution in [3.63, 3.8) is 0 Å². The molecule has 2 saturated carbocycles. The number of nitrogens with one attached hydrogen (secondary N) is 1. The lowest BCUT2D eigenvalue weighted by Gasteiger charge is -2.43. The third-order valence-corrected chi connectivity index (χ3v) is 5.72. The summed E-state index contributed by atoms with van der Waals surface area (Å²) >= 11 is 0. The second-order valence-corrected chi connectivity index (χ2v) is 7.32. The monoisotopic (exact) mass is 261 g/mol. The maximum absolute atomic E-state index is 13.7. The molecule has 104 valence electrons. The number of benzene rings is 1. The Bertz CT molecular complexity index is 477. The van der Waals surface area contributed by atoms with Crippen molar-refractivity contribution in [1.82, 2.24) is 5.32 Å². The van der Waals surface area contributed by atoms with Gasteiger partial charge in [-0.25, -0.2) is 4.39 Å². The van der Waals surface area contributed by atoms with Gasteiger partial charge < -0.3 is 5.32 Å². The Morgan fingerprint density at radius 3 is 2.63 bits per heavy atom. The van der Waals surface area contributed by atoms with Crippen LogP contribution in [0.4, 0.5) is 4.39 Å². The van der Waals surface area contributed by atoms with E-state index in [1.165, 1.54) is 19.3 Å². The van der Waals surface area contributed by atoms with Crippen LogP contribution in [0.3, 0.4) is 0 Å². The molecular weight excluding hydrogens is 237 g/mol. The molecule has 2 aliphatic carbocycles. The summed E-state index contributed by atoms with van der Waals surface area (Å²) in [4.78, 5) is 0.